The van der Waals surface area contributed by atoms with Crippen molar-refractivity contribution < 1.29 is 4.79 Å². The van der Waals surface area contributed by atoms with Crippen molar-refractivity contribution in [2.75, 3.05) is 19.6 Å². The number of nitrogens with zero attached hydrogens (tertiary/aromatic N) is 1. The van der Waals surface area contributed by atoms with E-state index in [4.69, 9.17) is 0 Å². The molecule has 2 fully saturated rings. The Morgan fingerprint density at radius 2 is 2.05 bits per heavy atom. The van der Waals surface area contributed by atoms with Gasteiger partial charge in [0.2, 0.25) is 5.91 Å². The van der Waals surface area contributed by atoms with Gasteiger partial charge in [-0.3, -0.25) is 9.69 Å². The standard InChI is InChI=1S/C18H28N2OS/c1-14-8-10-20(11-9-14)16(17-7-4-12-22-17)13-19-18(21)15-5-2-3-6-15/h4,7,12,14-16H,2-3,5-6,8-11,13H2,1H3,(H,19,21)/t16-/m0/s1. The molecule has 1 saturated heterocycles. The molecule has 2 aliphatic rings. The molecule has 122 valence electrons. The van der Waals surface area contributed by atoms with E-state index in [9.17, 15) is 4.79 Å². The fraction of sp³-hybridized carbons (Fsp3) is 0.722. The number of likely N-dealkylation sites (tertiary alicyclic amines) is 1. The van der Waals surface area contributed by atoms with Crippen molar-refractivity contribution >= 4 is 17.2 Å². The molecule has 1 aliphatic carbocycles. The highest BCUT2D eigenvalue weighted by molar-refractivity contribution is 7.10. The van der Waals surface area contributed by atoms with Crippen molar-refractivity contribution in [3.8, 4) is 0 Å². The summed E-state index contributed by atoms with van der Waals surface area (Å²) in [5.41, 5.74) is 0. The third kappa shape index (κ3) is 3.90. The minimum atomic E-state index is 0.269. The van der Waals surface area contributed by atoms with E-state index >= 15 is 0 Å². The van der Waals surface area contributed by atoms with Crippen LogP contribution in [0.15, 0.2) is 17.5 Å². The summed E-state index contributed by atoms with van der Waals surface area (Å²) in [6.45, 7) is 5.43. The minimum Gasteiger partial charge on any atom is -0.354 e. The van der Waals surface area contributed by atoms with Crippen molar-refractivity contribution in [1.29, 1.82) is 0 Å². The van der Waals surface area contributed by atoms with E-state index in [1.165, 1.54) is 30.6 Å². The zero-order valence-corrected chi connectivity index (χ0v) is 14.4. The van der Waals surface area contributed by atoms with Gasteiger partial charge < -0.3 is 5.32 Å². The van der Waals surface area contributed by atoms with Gasteiger partial charge in [0.1, 0.15) is 0 Å². The Labute approximate surface area is 138 Å². The summed E-state index contributed by atoms with van der Waals surface area (Å²) < 4.78 is 0. The lowest BCUT2D eigenvalue weighted by atomic mass is 9.97. The average molecular weight is 321 g/mol. The average Bonchev–Trinajstić information content (AvgIpc) is 3.22. The van der Waals surface area contributed by atoms with Crippen LogP contribution in [0.1, 0.15) is 56.4 Å². The Kier molecular flexibility index (Phi) is 5.53. The van der Waals surface area contributed by atoms with Crippen LogP contribution in [-0.2, 0) is 4.79 Å². The fourth-order valence-corrected chi connectivity index (χ4v) is 4.62. The van der Waals surface area contributed by atoms with Crippen LogP contribution in [0.2, 0.25) is 0 Å². The molecule has 1 N–H and O–H groups in total. The number of rotatable bonds is 5. The summed E-state index contributed by atoms with van der Waals surface area (Å²) >= 11 is 1.82. The number of amides is 1. The van der Waals surface area contributed by atoms with Crippen LogP contribution in [-0.4, -0.2) is 30.4 Å². The zero-order valence-electron chi connectivity index (χ0n) is 13.6. The topological polar surface area (TPSA) is 32.3 Å². The molecule has 0 bridgehead atoms. The molecule has 0 unspecified atom stereocenters. The number of nitrogens with one attached hydrogen (secondary N) is 1. The number of hydrogen-bond acceptors (Lipinski definition) is 3. The van der Waals surface area contributed by atoms with Gasteiger partial charge in [0.25, 0.3) is 0 Å². The first-order valence-corrected chi connectivity index (χ1v) is 9.67. The lowest BCUT2D eigenvalue weighted by molar-refractivity contribution is -0.125. The number of carbonyl (C=O) groups excluding carboxylic acids is 1. The first-order valence-electron chi connectivity index (χ1n) is 8.79. The van der Waals surface area contributed by atoms with Crippen molar-refractivity contribution in [2.24, 2.45) is 11.8 Å². The van der Waals surface area contributed by atoms with Crippen molar-refractivity contribution in [3.05, 3.63) is 22.4 Å². The van der Waals surface area contributed by atoms with Crippen molar-refractivity contribution in [2.45, 2.75) is 51.5 Å². The highest BCUT2D eigenvalue weighted by Gasteiger charge is 2.27. The maximum atomic E-state index is 12.3. The number of thiophene rings is 1. The van der Waals surface area contributed by atoms with Crippen LogP contribution in [0.3, 0.4) is 0 Å². The van der Waals surface area contributed by atoms with E-state index in [2.05, 4.69) is 34.7 Å². The third-order valence-electron chi connectivity index (χ3n) is 5.33. The number of carbonyl (C=O) groups is 1. The summed E-state index contributed by atoms with van der Waals surface area (Å²) in [6.07, 6.45) is 7.15. The maximum absolute atomic E-state index is 12.3. The minimum absolute atomic E-state index is 0.269. The smallest absolute Gasteiger partial charge is 0.223 e. The monoisotopic (exact) mass is 320 g/mol. The van der Waals surface area contributed by atoms with E-state index in [-0.39, 0.29) is 11.8 Å². The van der Waals surface area contributed by atoms with E-state index < -0.39 is 0 Å². The van der Waals surface area contributed by atoms with Gasteiger partial charge in [-0.15, -0.1) is 11.3 Å². The van der Waals surface area contributed by atoms with Gasteiger partial charge >= 0.3 is 0 Å². The predicted molar refractivity (Wildman–Crippen MR) is 92.0 cm³/mol. The summed E-state index contributed by atoms with van der Waals surface area (Å²) in [5, 5.41) is 5.39. The van der Waals surface area contributed by atoms with E-state index in [0.29, 0.717) is 6.04 Å². The molecule has 1 aliphatic heterocycles. The molecule has 1 amide bonds. The summed E-state index contributed by atoms with van der Waals surface area (Å²) in [7, 11) is 0. The molecule has 4 heteroatoms. The molecule has 1 atom stereocenters. The molecule has 0 radical (unpaired) electrons. The third-order valence-corrected chi connectivity index (χ3v) is 6.30. The molecule has 2 heterocycles. The normalized spacial score (nSPS) is 22.8. The SMILES string of the molecule is CC1CCN([C@@H](CNC(=O)C2CCCC2)c2cccs2)CC1. The van der Waals surface area contributed by atoms with Gasteiger partial charge in [-0.25, -0.2) is 0 Å². The van der Waals surface area contributed by atoms with Crippen molar-refractivity contribution in [3.63, 3.8) is 0 Å². The van der Waals surface area contributed by atoms with Gasteiger partial charge in [-0.05, 0) is 56.1 Å². The summed E-state index contributed by atoms with van der Waals surface area (Å²) in [4.78, 5) is 16.3. The van der Waals surface area contributed by atoms with Crippen LogP contribution in [0.4, 0.5) is 0 Å². The fourth-order valence-electron chi connectivity index (χ4n) is 3.76. The Bertz CT molecular complexity index is 459. The maximum Gasteiger partial charge on any atom is 0.223 e. The van der Waals surface area contributed by atoms with E-state index in [1.54, 1.807) is 0 Å². The van der Waals surface area contributed by atoms with Gasteiger partial charge in [-0.2, -0.15) is 0 Å². The van der Waals surface area contributed by atoms with Gasteiger partial charge in [0.15, 0.2) is 0 Å². The van der Waals surface area contributed by atoms with Crippen LogP contribution in [0.5, 0.6) is 0 Å². The highest BCUT2D eigenvalue weighted by Crippen LogP contribution is 2.30. The first-order chi connectivity index (χ1) is 10.7. The largest absolute Gasteiger partial charge is 0.354 e. The van der Waals surface area contributed by atoms with Crippen LogP contribution in [0, 0.1) is 11.8 Å². The molecule has 1 aromatic rings. The number of hydrogen-bond donors (Lipinski definition) is 1. The van der Waals surface area contributed by atoms with Gasteiger partial charge in [0, 0.05) is 17.3 Å². The molecule has 1 saturated carbocycles. The Balaban J connectivity index is 1.60. The van der Waals surface area contributed by atoms with Crippen molar-refractivity contribution in [1.82, 2.24) is 10.2 Å². The Morgan fingerprint density at radius 3 is 2.68 bits per heavy atom. The molecule has 22 heavy (non-hydrogen) atoms. The van der Waals surface area contributed by atoms with E-state index in [0.717, 1.165) is 38.4 Å². The van der Waals surface area contributed by atoms with Gasteiger partial charge in [0.05, 0.1) is 6.04 Å². The Hall–Kier alpha value is -0.870. The lowest BCUT2D eigenvalue weighted by Crippen LogP contribution is -2.42. The van der Waals surface area contributed by atoms with Gasteiger partial charge in [-0.1, -0.05) is 25.8 Å². The molecule has 0 spiro atoms. The predicted octanol–water partition coefficient (Wildman–Crippen LogP) is 3.83. The zero-order chi connectivity index (χ0) is 15.4. The Morgan fingerprint density at radius 1 is 1.32 bits per heavy atom. The summed E-state index contributed by atoms with van der Waals surface area (Å²) in [6, 6.07) is 4.70. The molecule has 3 nitrogen and oxygen atoms in total. The second-order valence-electron chi connectivity index (χ2n) is 6.98. The highest BCUT2D eigenvalue weighted by atomic mass is 32.1. The lowest BCUT2D eigenvalue weighted by Gasteiger charge is -2.36. The molecular weight excluding hydrogens is 292 g/mol. The first kappa shape index (κ1) is 16.0. The number of piperidine rings is 1. The van der Waals surface area contributed by atoms with Crippen LogP contribution < -0.4 is 5.32 Å². The second kappa shape index (κ2) is 7.60. The second-order valence-corrected chi connectivity index (χ2v) is 7.96. The van der Waals surface area contributed by atoms with Crippen LogP contribution in [0.25, 0.3) is 0 Å². The van der Waals surface area contributed by atoms with E-state index in [1.807, 2.05) is 11.3 Å². The molecular formula is C18H28N2OS. The summed E-state index contributed by atoms with van der Waals surface area (Å²) in [5.74, 6) is 1.39. The molecule has 3 rings (SSSR count). The van der Waals surface area contributed by atoms with Crippen LogP contribution >= 0.6 is 11.3 Å². The quantitative estimate of drug-likeness (QED) is 0.894. The molecule has 0 aromatic carbocycles. The molecule has 1 aromatic heterocycles.